The van der Waals surface area contributed by atoms with Crippen LogP contribution in [0.25, 0.3) is 10.9 Å². The fourth-order valence-corrected chi connectivity index (χ4v) is 3.01. The molecule has 2 aromatic rings. The molecule has 3 N–H and O–H groups in total. The number of aromatic amines is 1. The molecular weight excluding hydrogens is 302 g/mol. The van der Waals surface area contributed by atoms with Crippen molar-refractivity contribution in [2.75, 3.05) is 19.6 Å². The summed E-state index contributed by atoms with van der Waals surface area (Å²) in [6.45, 7) is 9.67. The zero-order valence-electron chi connectivity index (χ0n) is 14.8. The Morgan fingerprint density at radius 2 is 1.92 bits per heavy atom. The SMILES string of the molecule is CC[NH+](CC)CCC[C@H](C)NC(=O)C(=O)c1c[nH]c2ccccc12. The Morgan fingerprint density at radius 1 is 1.21 bits per heavy atom. The van der Waals surface area contributed by atoms with E-state index in [0.717, 1.165) is 43.4 Å². The molecule has 0 saturated heterocycles. The summed E-state index contributed by atoms with van der Waals surface area (Å²) in [6, 6.07) is 7.50. The fraction of sp³-hybridized carbons (Fsp3) is 0.474. The minimum Gasteiger partial charge on any atom is -0.360 e. The second-order valence-electron chi connectivity index (χ2n) is 6.30. The van der Waals surface area contributed by atoms with Crippen molar-refractivity contribution in [3.05, 3.63) is 36.0 Å². The highest BCUT2D eigenvalue weighted by Crippen LogP contribution is 2.18. The number of ketones is 1. The van der Waals surface area contributed by atoms with Crippen molar-refractivity contribution in [3.8, 4) is 0 Å². The molecule has 0 aliphatic rings. The van der Waals surface area contributed by atoms with Crippen molar-refractivity contribution < 1.29 is 14.5 Å². The topological polar surface area (TPSA) is 66.4 Å². The second-order valence-corrected chi connectivity index (χ2v) is 6.30. The fourth-order valence-electron chi connectivity index (χ4n) is 3.01. The van der Waals surface area contributed by atoms with Gasteiger partial charge < -0.3 is 15.2 Å². The van der Waals surface area contributed by atoms with Crippen LogP contribution in [0.4, 0.5) is 0 Å². The molecule has 130 valence electrons. The predicted octanol–water partition coefficient (Wildman–Crippen LogP) is 1.56. The Morgan fingerprint density at radius 3 is 2.62 bits per heavy atom. The van der Waals surface area contributed by atoms with Crippen LogP contribution in [0, 0.1) is 0 Å². The molecule has 5 nitrogen and oxygen atoms in total. The smallest absolute Gasteiger partial charge is 0.292 e. The Bertz CT molecular complexity index is 689. The van der Waals surface area contributed by atoms with E-state index in [-0.39, 0.29) is 6.04 Å². The van der Waals surface area contributed by atoms with E-state index in [1.807, 2.05) is 31.2 Å². The Hall–Kier alpha value is -2.14. The molecule has 0 fully saturated rings. The van der Waals surface area contributed by atoms with Gasteiger partial charge in [-0.1, -0.05) is 18.2 Å². The highest BCUT2D eigenvalue weighted by atomic mass is 16.2. The quantitative estimate of drug-likeness (QED) is 0.482. The Labute approximate surface area is 143 Å². The van der Waals surface area contributed by atoms with Crippen LogP contribution < -0.4 is 10.2 Å². The second kappa shape index (κ2) is 8.64. The highest BCUT2D eigenvalue weighted by Gasteiger charge is 2.21. The molecule has 1 amide bonds. The summed E-state index contributed by atoms with van der Waals surface area (Å²) in [5, 5.41) is 3.62. The van der Waals surface area contributed by atoms with Crippen LogP contribution >= 0.6 is 0 Å². The highest BCUT2D eigenvalue weighted by molar-refractivity contribution is 6.45. The van der Waals surface area contributed by atoms with Crippen LogP contribution in [0.1, 0.15) is 44.0 Å². The van der Waals surface area contributed by atoms with Gasteiger partial charge in [-0.15, -0.1) is 0 Å². The van der Waals surface area contributed by atoms with Gasteiger partial charge in [-0.05, 0) is 39.7 Å². The maximum atomic E-state index is 12.4. The van der Waals surface area contributed by atoms with Crippen molar-refractivity contribution in [1.82, 2.24) is 10.3 Å². The molecule has 1 atom stereocenters. The van der Waals surface area contributed by atoms with Crippen LogP contribution in [0.3, 0.4) is 0 Å². The Kier molecular flexibility index (Phi) is 6.55. The molecule has 1 heterocycles. The number of hydrogen-bond acceptors (Lipinski definition) is 2. The summed E-state index contributed by atoms with van der Waals surface area (Å²) in [5.74, 6) is -1.00. The maximum absolute atomic E-state index is 12.4. The van der Waals surface area contributed by atoms with Gasteiger partial charge in [0.05, 0.1) is 25.2 Å². The van der Waals surface area contributed by atoms with E-state index < -0.39 is 11.7 Å². The van der Waals surface area contributed by atoms with E-state index >= 15 is 0 Å². The van der Waals surface area contributed by atoms with Gasteiger partial charge in [0.2, 0.25) is 0 Å². The van der Waals surface area contributed by atoms with Gasteiger partial charge in [0.15, 0.2) is 0 Å². The third kappa shape index (κ3) is 4.45. The molecule has 5 heteroatoms. The van der Waals surface area contributed by atoms with Gasteiger partial charge in [-0.2, -0.15) is 0 Å². The predicted molar refractivity (Wildman–Crippen MR) is 96.4 cm³/mol. The van der Waals surface area contributed by atoms with Gasteiger partial charge in [0, 0.05) is 23.1 Å². The largest absolute Gasteiger partial charge is 0.360 e. The summed E-state index contributed by atoms with van der Waals surface area (Å²) >= 11 is 0. The lowest BCUT2D eigenvalue weighted by molar-refractivity contribution is -0.896. The molecule has 1 aromatic heterocycles. The van der Waals surface area contributed by atoms with E-state index in [2.05, 4.69) is 24.1 Å². The van der Waals surface area contributed by atoms with Crippen LogP contribution in [0.15, 0.2) is 30.5 Å². The number of benzene rings is 1. The van der Waals surface area contributed by atoms with Crippen LogP contribution in [-0.4, -0.2) is 42.4 Å². The third-order valence-corrected chi connectivity index (χ3v) is 4.59. The molecular formula is C19H28N3O2+. The van der Waals surface area contributed by atoms with Gasteiger partial charge in [0.25, 0.3) is 11.7 Å². The summed E-state index contributed by atoms with van der Waals surface area (Å²) in [7, 11) is 0. The summed E-state index contributed by atoms with van der Waals surface area (Å²) < 4.78 is 0. The van der Waals surface area contributed by atoms with Crippen molar-refractivity contribution >= 4 is 22.6 Å². The van der Waals surface area contributed by atoms with Crippen LogP contribution in [-0.2, 0) is 4.79 Å². The number of carbonyl (C=O) groups excluding carboxylic acids is 2. The average molecular weight is 330 g/mol. The first-order valence-corrected chi connectivity index (χ1v) is 8.81. The number of para-hydroxylation sites is 1. The molecule has 0 saturated carbocycles. The molecule has 0 unspecified atom stereocenters. The van der Waals surface area contributed by atoms with Gasteiger partial charge in [-0.3, -0.25) is 9.59 Å². The molecule has 0 bridgehead atoms. The molecule has 0 aliphatic heterocycles. The maximum Gasteiger partial charge on any atom is 0.292 e. The minimum atomic E-state index is -0.526. The number of Topliss-reactive ketones (excluding diaryl/α,β-unsaturated/α-hetero) is 1. The van der Waals surface area contributed by atoms with E-state index in [9.17, 15) is 9.59 Å². The normalized spacial score (nSPS) is 12.5. The van der Waals surface area contributed by atoms with E-state index in [1.165, 1.54) is 0 Å². The van der Waals surface area contributed by atoms with E-state index in [0.29, 0.717) is 5.56 Å². The number of fused-ring (bicyclic) bond motifs is 1. The summed E-state index contributed by atoms with van der Waals surface area (Å²) in [6.07, 6.45) is 3.54. The van der Waals surface area contributed by atoms with Gasteiger partial charge in [0.1, 0.15) is 0 Å². The number of aromatic nitrogens is 1. The van der Waals surface area contributed by atoms with Gasteiger partial charge >= 0.3 is 0 Å². The lowest BCUT2D eigenvalue weighted by Crippen LogP contribution is -3.11. The molecule has 0 aliphatic carbocycles. The number of rotatable bonds is 9. The minimum absolute atomic E-state index is 0.00150. The monoisotopic (exact) mass is 330 g/mol. The average Bonchev–Trinajstić information content (AvgIpc) is 3.02. The molecule has 2 rings (SSSR count). The first-order valence-electron chi connectivity index (χ1n) is 8.81. The first kappa shape index (κ1) is 18.2. The number of H-pyrrole nitrogens is 1. The van der Waals surface area contributed by atoms with E-state index in [4.69, 9.17) is 0 Å². The molecule has 0 spiro atoms. The number of hydrogen-bond donors (Lipinski definition) is 3. The number of nitrogens with one attached hydrogen (secondary N) is 3. The molecule has 1 aromatic carbocycles. The Balaban J connectivity index is 1.88. The number of quaternary nitrogens is 1. The molecule has 24 heavy (non-hydrogen) atoms. The first-order chi connectivity index (χ1) is 11.6. The lowest BCUT2D eigenvalue weighted by Gasteiger charge is -2.17. The number of carbonyl (C=O) groups is 2. The van der Waals surface area contributed by atoms with Crippen LogP contribution in [0.2, 0.25) is 0 Å². The van der Waals surface area contributed by atoms with Gasteiger partial charge in [-0.25, -0.2) is 0 Å². The summed E-state index contributed by atoms with van der Waals surface area (Å²) in [4.78, 5) is 29.2. The third-order valence-electron chi connectivity index (χ3n) is 4.59. The van der Waals surface area contributed by atoms with Crippen molar-refractivity contribution in [2.45, 2.75) is 39.7 Å². The zero-order valence-corrected chi connectivity index (χ0v) is 14.8. The van der Waals surface area contributed by atoms with Crippen LogP contribution in [0.5, 0.6) is 0 Å². The van der Waals surface area contributed by atoms with Crippen molar-refractivity contribution in [2.24, 2.45) is 0 Å². The van der Waals surface area contributed by atoms with E-state index in [1.54, 1.807) is 11.1 Å². The standard InChI is InChI=1S/C19H27N3O2/c1-4-22(5-2)12-8-9-14(3)21-19(24)18(23)16-13-20-17-11-7-6-10-15(16)17/h6-7,10-11,13-14,20H,4-5,8-9,12H2,1-3H3,(H,21,24)/p+1/t14-/m0/s1. The van der Waals surface area contributed by atoms with Crippen molar-refractivity contribution in [1.29, 1.82) is 0 Å². The molecule has 0 radical (unpaired) electrons. The zero-order chi connectivity index (χ0) is 17.5. The number of amides is 1. The summed E-state index contributed by atoms with van der Waals surface area (Å²) in [5.41, 5.74) is 1.30. The van der Waals surface area contributed by atoms with Crippen molar-refractivity contribution in [3.63, 3.8) is 0 Å². The lowest BCUT2D eigenvalue weighted by atomic mass is 10.1.